The van der Waals surface area contributed by atoms with Crippen molar-refractivity contribution in [1.82, 2.24) is 4.90 Å². The first-order chi connectivity index (χ1) is 10.5. The second-order valence-corrected chi connectivity index (χ2v) is 8.08. The second kappa shape index (κ2) is 5.79. The molecule has 2 aliphatic rings. The Kier molecular flexibility index (Phi) is 3.99. The lowest BCUT2D eigenvalue weighted by Crippen LogP contribution is -2.42. The number of piperidine rings is 1. The standard InChI is InChI=1S/C15H19NO5S/c1-2-22(18,19)12-5-7-16(8-6-12)15(17)11-3-4-13-14(9-11)21-10-20-13/h3-4,9,12H,2,5-8,10H2,1H3. The number of nitrogens with zero attached hydrogens (tertiary/aromatic N) is 1. The summed E-state index contributed by atoms with van der Waals surface area (Å²) in [6.07, 6.45) is 1.01. The van der Waals surface area contributed by atoms with E-state index in [1.807, 2.05) is 0 Å². The van der Waals surface area contributed by atoms with Crippen LogP contribution < -0.4 is 9.47 Å². The Hall–Kier alpha value is -1.76. The highest BCUT2D eigenvalue weighted by Gasteiger charge is 2.31. The zero-order valence-electron chi connectivity index (χ0n) is 12.4. The second-order valence-electron chi connectivity index (χ2n) is 5.51. The number of amides is 1. The fourth-order valence-electron chi connectivity index (χ4n) is 2.87. The number of rotatable bonds is 3. The Morgan fingerprint density at radius 2 is 1.91 bits per heavy atom. The fourth-order valence-corrected chi connectivity index (χ4v) is 4.27. The number of sulfone groups is 1. The van der Waals surface area contributed by atoms with E-state index in [-0.39, 0.29) is 23.7 Å². The zero-order chi connectivity index (χ0) is 15.7. The number of carbonyl (C=O) groups is 1. The zero-order valence-corrected chi connectivity index (χ0v) is 13.3. The molecule has 0 atom stereocenters. The molecule has 0 saturated carbocycles. The third-order valence-corrected chi connectivity index (χ3v) is 6.55. The third kappa shape index (κ3) is 2.77. The van der Waals surface area contributed by atoms with Crippen LogP contribution in [0.1, 0.15) is 30.1 Å². The van der Waals surface area contributed by atoms with E-state index in [0.29, 0.717) is 43.0 Å². The van der Waals surface area contributed by atoms with Crippen molar-refractivity contribution in [3.63, 3.8) is 0 Å². The molecule has 2 aliphatic heterocycles. The molecule has 3 rings (SSSR count). The van der Waals surface area contributed by atoms with E-state index in [1.165, 1.54) is 0 Å². The number of benzene rings is 1. The van der Waals surface area contributed by atoms with Gasteiger partial charge < -0.3 is 14.4 Å². The Labute approximate surface area is 129 Å². The maximum atomic E-state index is 12.5. The lowest BCUT2D eigenvalue weighted by atomic mass is 10.1. The van der Waals surface area contributed by atoms with Crippen LogP contribution in [-0.2, 0) is 9.84 Å². The van der Waals surface area contributed by atoms with Crippen LogP contribution in [-0.4, -0.2) is 50.1 Å². The van der Waals surface area contributed by atoms with E-state index < -0.39 is 9.84 Å². The van der Waals surface area contributed by atoms with Gasteiger partial charge in [-0.1, -0.05) is 6.92 Å². The predicted octanol–water partition coefficient (Wildman–Crippen LogP) is 1.45. The summed E-state index contributed by atoms with van der Waals surface area (Å²) >= 11 is 0. The van der Waals surface area contributed by atoms with Crippen LogP contribution >= 0.6 is 0 Å². The van der Waals surface area contributed by atoms with Crippen LogP contribution in [0.15, 0.2) is 18.2 Å². The Morgan fingerprint density at radius 3 is 2.59 bits per heavy atom. The van der Waals surface area contributed by atoms with Gasteiger partial charge in [-0.2, -0.15) is 0 Å². The van der Waals surface area contributed by atoms with Crippen molar-refractivity contribution in [2.75, 3.05) is 25.6 Å². The average Bonchev–Trinajstić information content (AvgIpc) is 3.02. The van der Waals surface area contributed by atoms with Crippen molar-refractivity contribution in [3.8, 4) is 11.5 Å². The van der Waals surface area contributed by atoms with Gasteiger partial charge >= 0.3 is 0 Å². The van der Waals surface area contributed by atoms with Crippen molar-refractivity contribution >= 4 is 15.7 Å². The molecule has 6 nitrogen and oxygen atoms in total. The monoisotopic (exact) mass is 325 g/mol. The molecule has 22 heavy (non-hydrogen) atoms. The van der Waals surface area contributed by atoms with E-state index in [9.17, 15) is 13.2 Å². The molecule has 0 N–H and O–H groups in total. The highest BCUT2D eigenvalue weighted by molar-refractivity contribution is 7.92. The summed E-state index contributed by atoms with van der Waals surface area (Å²) in [5, 5.41) is -0.321. The topological polar surface area (TPSA) is 72.9 Å². The SMILES string of the molecule is CCS(=O)(=O)C1CCN(C(=O)c2ccc3c(c2)OCO3)CC1. The molecule has 1 aromatic rings. The van der Waals surface area contributed by atoms with Gasteiger partial charge in [-0.3, -0.25) is 4.79 Å². The molecule has 0 bridgehead atoms. The molecule has 1 aromatic carbocycles. The van der Waals surface area contributed by atoms with Gasteiger partial charge in [0.1, 0.15) is 0 Å². The minimum absolute atomic E-state index is 0.0920. The highest BCUT2D eigenvalue weighted by Crippen LogP contribution is 2.33. The normalized spacial score (nSPS) is 18.5. The number of hydrogen-bond acceptors (Lipinski definition) is 5. The minimum atomic E-state index is -3.02. The third-order valence-electron chi connectivity index (χ3n) is 4.26. The van der Waals surface area contributed by atoms with E-state index in [2.05, 4.69) is 0 Å². The molecule has 1 saturated heterocycles. The smallest absolute Gasteiger partial charge is 0.253 e. The summed E-state index contributed by atoms with van der Waals surface area (Å²) in [6, 6.07) is 5.12. The van der Waals surface area contributed by atoms with Crippen LogP contribution in [0, 0.1) is 0 Å². The van der Waals surface area contributed by atoms with E-state index in [4.69, 9.17) is 9.47 Å². The summed E-state index contributed by atoms with van der Waals surface area (Å²) in [5.74, 6) is 1.29. The molecule has 0 spiro atoms. The lowest BCUT2D eigenvalue weighted by molar-refractivity contribution is 0.0725. The Morgan fingerprint density at radius 1 is 1.23 bits per heavy atom. The van der Waals surface area contributed by atoms with Crippen molar-refractivity contribution in [3.05, 3.63) is 23.8 Å². The Balaban J connectivity index is 1.67. The molecule has 2 heterocycles. The first-order valence-corrected chi connectivity index (χ1v) is 9.13. The summed E-state index contributed by atoms with van der Waals surface area (Å²) in [5.41, 5.74) is 0.543. The molecule has 0 aromatic heterocycles. The summed E-state index contributed by atoms with van der Waals surface area (Å²) in [4.78, 5) is 14.2. The van der Waals surface area contributed by atoms with Gasteiger partial charge in [0, 0.05) is 24.4 Å². The number of ether oxygens (including phenoxy) is 2. The van der Waals surface area contributed by atoms with Crippen LogP contribution in [0.25, 0.3) is 0 Å². The maximum absolute atomic E-state index is 12.5. The van der Waals surface area contributed by atoms with Crippen LogP contribution in [0.2, 0.25) is 0 Å². The van der Waals surface area contributed by atoms with Gasteiger partial charge in [-0.25, -0.2) is 8.42 Å². The Bertz CT molecular complexity index is 677. The van der Waals surface area contributed by atoms with Crippen LogP contribution in [0.4, 0.5) is 0 Å². The lowest BCUT2D eigenvalue weighted by Gasteiger charge is -2.31. The van der Waals surface area contributed by atoms with E-state index in [0.717, 1.165) is 0 Å². The molecular weight excluding hydrogens is 306 g/mol. The average molecular weight is 325 g/mol. The first kappa shape index (κ1) is 15.1. The van der Waals surface area contributed by atoms with Gasteiger partial charge in [0.25, 0.3) is 5.91 Å². The van der Waals surface area contributed by atoms with Crippen molar-refractivity contribution in [2.45, 2.75) is 25.0 Å². The molecule has 120 valence electrons. The van der Waals surface area contributed by atoms with Crippen molar-refractivity contribution < 1.29 is 22.7 Å². The fraction of sp³-hybridized carbons (Fsp3) is 0.533. The molecule has 1 fully saturated rings. The van der Waals surface area contributed by atoms with E-state index >= 15 is 0 Å². The number of carbonyl (C=O) groups excluding carboxylic acids is 1. The minimum Gasteiger partial charge on any atom is -0.454 e. The summed E-state index contributed by atoms with van der Waals surface area (Å²) in [7, 11) is -3.02. The molecule has 1 amide bonds. The van der Waals surface area contributed by atoms with Crippen molar-refractivity contribution in [1.29, 1.82) is 0 Å². The van der Waals surface area contributed by atoms with Crippen LogP contribution in [0.5, 0.6) is 11.5 Å². The van der Waals surface area contributed by atoms with Gasteiger partial charge in [0.15, 0.2) is 21.3 Å². The maximum Gasteiger partial charge on any atom is 0.253 e. The largest absolute Gasteiger partial charge is 0.454 e. The predicted molar refractivity (Wildman–Crippen MR) is 81.0 cm³/mol. The quantitative estimate of drug-likeness (QED) is 0.841. The molecular formula is C15H19NO5S. The van der Waals surface area contributed by atoms with E-state index in [1.54, 1.807) is 30.0 Å². The van der Waals surface area contributed by atoms with Gasteiger partial charge in [0.05, 0.1) is 5.25 Å². The molecule has 7 heteroatoms. The van der Waals surface area contributed by atoms with Gasteiger partial charge in [-0.15, -0.1) is 0 Å². The van der Waals surface area contributed by atoms with Gasteiger partial charge in [0.2, 0.25) is 6.79 Å². The first-order valence-electron chi connectivity index (χ1n) is 7.42. The highest BCUT2D eigenvalue weighted by atomic mass is 32.2. The molecule has 0 unspecified atom stereocenters. The molecule has 0 aliphatic carbocycles. The number of fused-ring (bicyclic) bond motifs is 1. The number of likely N-dealkylation sites (tertiary alicyclic amines) is 1. The molecule has 0 radical (unpaired) electrons. The summed E-state index contributed by atoms with van der Waals surface area (Å²) < 4.78 is 34.3. The number of hydrogen-bond donors (Lipinski definition) is 0. The van der Waals surface area contributed by atoms with Gasteiger partial charge in [-0.05, 0) is 31.0 Å². The summed E-state index contributed by atoms with van der Waals surface area (Å²) in [6.45, 7) is 2.78. The van der Waals surface area contributed by atoms with Crippen molar-refractivity contribution in [2.24, 2.45) is 0 Å². The van der Waals surface area contributed by atoms with Crippen LogP contribution in [0.3, 0.4) is 0 Å².